The average Bonchev–Trinajstić information content (AvgIpc) is 3.05. The van der Waals surface area contributed by atoms with E-state index in [1.165, 1.54) is 121 Å². The zero-order valence-corrected chi connectivity index (χ0v) is 35.5. The third kappa shape index (κ3) is 22.5. The SMILES string of the molecule is Nc1ccc(S(=O)(=O)[O-])cc1.Nc1ccc(S(=O)(=O)[O-])cc1.Nc1ccc(S(=O)(=O)[O-])cc1.Nc1ccc(S(=O)(=O)[O-])cc1.Nc1ccc(S(=O)(=O)[O-])cc1.[Al+3].[Mg+2]. The first-order valence-electron chi connectivity index (χ1n) is 14.1. The predicted molar refractivity (Wildman–Crippen MR) is 206 cm³/mol. The molecule has 0 heterocycles. The molecule has 0 saturated heterocycles. The fourth-order valence-electron chi connectivity index (χ4n) is 3.17. The smallest absolute Gasteiger partial charge is 0.744 e. The number of nitrogen functional groups attached to an aromatic ring is 5. The van der Waals surface area contributed by atoms with Crippen LogP contribution in [0.1, 0.15) is 0 Å². The van der Waals surface area contributed by atoms with Crippen LogP contribution in [0.15, 0.2) is 146 Å². The van der Waals surface area contributed by atoms with E-state index in [2.05, 4.69) is 0 Å². The summed E-state index contributed by atoms with van der Waals surface area (Å²) in [6, 6.07) is 25.4. The van der Waals surface area contributed by atoms with Crippen molar-refractivity contribution in [3.05, 3.63) is 121 Å². The van der Waals surface area contributed by atoms with Gasteiger partial charge in [0.15, 0.2) is 0 Å². The molecule has 5 rings (SSSR count). The molecule has 0 amide bonds. The molecule has 0 fully saturated rings. The first kappa shape index (κ1) is 55.0. The second-order valence-corrected chi connectivity index (χ2v) is 17.0. The second-order valence-electron chi connectivity index (χ2n) is 10.1. The van der Waals surface area contributed by atoms with E-state index >= 15 is 0 Å². The van der Waals surface area contributed by atoms with Gasteiger partial charge >= 0.3 is 40.4 Å². The summed E-state index contributed by atoms with van der Waals surface area (Å²) >= 11 is 0. The van der Waals surface area contributed by atoms with Gasteiger partial charge in [-0.25, -0.2) is 42.1 Å². The summed E-state index contributed by atoms with van der Waals surface area (Å²) in [5, 5.41) is 0. The van der Waals surface area contributed by atoms with Crippen LogP contribution in [0.5, 0.6) is 0 Å². The largest absolute Gasteiger partial charge is 3.00 e. The minimum absolute atomic E-state index is 0. The van der Waals surface area contributed by atoms with Gasteiger partial charge in [0.2, 0.25) is 0 Å². The van der Waals surface area contributed by atoms with Crippen LogP contribution in [-0.2, 0) is 50.6 Å². The van der Waals surface area contributed by atoms with Gasteiger partial charge in [-0.1, -0.05) is 0 Å². The Morgan fingerprint density at radius 2 is 0.351 bits per heavy atom. The molecule has 0 aromatic heterocycles. The maximum absolute atomic E-state index is 10.3. The zero-order chi connectivity index (χ0) is 42.4. The van der Waals surface area contributed by atoms with Crippen molar-refractivity contribution in [2.45, 2.75) is 24.5 Å². The van der Waals surface area contributed by atoms with Crippen LogP contribution in [0.4, 0.5) is 28.4 Å². The molecule has 5 aromatic carbocycles. The Morgan fingerprint density at radius 1 is 0.263 bits per heavy atom. The molecule has 57 heavy (non-hydrogen) atoms. The predicted octanol–water partition coefficient (Wildman–Crippen LogP) is 0.103. The van der Waals surface area contributed by atoms with Crippen LogP contribution in [0, 0.1) is 0 Å². The van der Waals surface area contributed by atoms with E-state index in [0.717, 1.165) is 0 Å². The van der Waals surface area contributed by atoms with Gasteiger partial charge in [0, 0.05) is 28.4 Å². The Hall–Kier alpha value is -4.05. The van der Waals surface area contributed by atoms with Gasteiger partial charge in [0.1, 0.15) is 50.6 Å². The Morgan fingerprint density at radius 3 is 0.421 bits per heavy atom. The summed E-state index contributed by atoms with van der Waals surface area (Å²) in [7, 11) is -21.6. The quantitative estimate of drug-likeness (QED) is 0.0887. The third-order valence-electron chi connectivity index (χ3n) is 5.84. The molecule has 0 aliphatic heterocycles. The van der Waals surface area contributed by atoms with E-state index in [1.807, 2.05) is 0 Å². The first-order chi connectivity index (χ1) is 25.0. The van der Waals surface area contributed by atoms with E-state index in [0.29, 0.717) is 28.4 Å². The number of anilines is 5. The van der Waals surface area contributed by atoms with Gasteiger partial charge in [-0.2, -0.15) is 0 Å². The first-order valence-corrected chi connectivity index (χ1v) is 21.1. The monoisotopic (exact) mass is 911 g/mol. The van der Waals surface area contributed by atoms with Gasteiger partial charge < -0.3 is 51.4 Å². The molecule has 0 radical (unpaired) electrons. The van der Waals surface area contributed by atoms with Crippen molar-refractivity contribution in [2.75, 3.05) is 28.7 Å². The summed E-state index contributed by atoms with van der Waals surface area (Å²) in [5.41, 5.74) is 28.5. The van der Waals surface area contributed by atoms with Gasteiger partial charge in [-0.15, -0.1) is 0 Å². The van der Waals surface area contributed by atoms with E-state index in [1.54, 1.807) is 0 Å². The third-order valence-corrected chi connectivity index (χ3v) is 10.1. The second kappa shape index (κ2) is 23.4. The molecule has 0 unspecified atom stereocenters. The molecule has 0 bridgehead atoms. The minimum atomic E-state index is -4.33. The maximum Gasteiger partial charge on any atom is 3.00 e. The van der Waals surface area contributed by atoms with Crippen molar-refractivity contribution in [3.63, 3.8) is 0 Å². The van der Waals surface area contributed by atoms with Gasteiger partial charge in [-0.3, -0.25) is 0 Å². The van der Waals surface area contributed by atoms with Crippen molar-refractivity contribution in [1.29, 1.82) is 0 Å². The Labute approximate surface area is 356 Å². The standard InChI is InChI=1S/5C6H7NO3S.Al.Mg/c5*7-5-1-3-6(4-2-5)11(8,9)10;;/h5*1-4H,7H2,(H,8,9,10);;/q;;;;;+3;+2/p-5. The van der Waals surface area contributed by atoms with Gasteiger partial charge in [0.05, 0.1) is 24.5 Å². The molecule has 0 aliphatic carbocycles. The minimum Gasteiger partial charge on any atom is -0.744 e. The number of benzene rings is 5. The molecule has 10 N–H and O–H groups in total. The van der Waals surface area contributed by atoms with Crippen LogP contribution in [0.2, 0.25) is 0 Å². The summed E-state index contributed by atoms with van der Waals surface area (Å²) in [5.74, 6) is 0. The van der Waals surface area contributed by atoms with E-state index in [4.69, 9.17) is 28.7 Å². The van der Waals surface area contributed by atoms with Crippen LogP contribution >= 0.6 is 0 Å². The fraction of sp³-hybridized carbons (Fsp3) is 0. The van der Waals surface area contributed by atoms with Gasteiger partial charge in [-0.05, 0) is 121 Å². The fourth-order valence-corrected chi connectivity index (χ4v) is 5.52. The van der Waals surface area contributed by atoms with Crippen molar-refractivity contribution in [3.8, 4) is 0 Å². The number of hydrogen-bond donors (Lipinski definition) is 5. The Balaban J connectivity index is 0. The molecule has 20 nitrogen and oxygen atoms in total. The number of rotatable bonds is 5. The van der Waals surface area contributed by atoms with E-state index in [9.17, 15) is 64.9 Å². The van der Waals surface area contributed by atoms with Crippen LogP contribution in [0.25, 0.3) is 0 Å². The molecule has 0 saturated carbocycles. The zero-order valence-electron chi connectivity index (χ0n) is 28.9. The van der Waals surface area contributed by atoms with E-state index in [-0.39, 0.29) is 64.9 Å². The van der Waals surface area contributed by atoms with Crippen molar-refractivity contribution in [2.24, 2.45) is 0 Å². The Kier molecular flexibility index (Phi) is 22.6. The molecule has 0 spiro atoms. The topological polar surface area (TPSA) is 416 Å². The summed E-state index contributed by atoms with van der Waals surface area (Å²) in [6.07, 6.45) is 0. The van der Waals surface area contributed by atoms with Crippen LogP contribution in [-0.4, -0.2) is 105 Å². The number of hydrogen-bond acceptors (Lipinski definition) is 20. The van der Waals surface area contributed by atoms with Crippen molar-refractivity contribution >= 4 is 119 Å². The Bertz CT molecular complexity index is 2140. The van der Waals surface area contributed by atoms with Crippen molar-refractivity contribution in [1.82, 2.24) is 0 Å². The molecule has 5 aromatic rings. The summed E-state index contributed by atoms with van der Waals surface area (Å²) in [6.45, 7) is 0. The van der Waals surface area contributed by atoms with Crippen molar-refractivity contribution < 1.29 is 64.9 Å². The van der Waals surface area contributed by atoms with Crippen LogP contribution in [0.3, 0.4) is 0 Å². The molecule has 27 heteroatoms. The average molecular weight is 912 g/mol. The maximum atomic E-state index is 10.3. The number of nitrogens with two attached hydrogens (primary N) is 5. The normalized spacial score (nSPS) is 11.0. The molecule has 0 aliphatic rings. The van der Waals surface area contributed by atoms with E-state index < -0.39 is 50.6 Å². The molecular formula is C30H30AlMgN5O15S5. The molecule has 0 atom stereocenters. The molecular weight excluding hydrogens is 882 g/mol. The summed E-state index contributed by atoms with van der Waals surface area (Å²) < 4.78 is 155. The van der Waals surface area contributed by atoms with Crippen LogP contribution < -0.4 is 28.7 Å². The summed E-state index contributed by atoms with van der Waals surface area (Å²) in [4.78, 5) is -1.29. The van der Waals surface area contributed by atoms with Gasteiger partial charge in [0.25, 0.3) is 0 Å². The molecule has 300 valence electrons.